The largest absolute Gasteiger partial charge is 0.398 e. The quantitative estimate of drug-likeness (QED) is 0.585. The van der Waals surface area contributed by atoms with Gasteiger partial charge in [-0.2, -0.15) is 0 Å². The fraction of sp³-hybridized carbons (Fsp3) is 0.562. The Balaban J connectivity index is 2.46. The van der Waals surface area contributed by atoms with Crippen LogP contribution in [0.15, 0.2) is 17.1 Å². The molecule has 1 aliphatic rings. The summed E-state index contributed by atoms with van der Waals surface area (Å²) in [6.07, 6.45) is 1.84. The summed E-state index contributed by atoms with van der Waals surface area (Å²) in [5.74, 6) is 0. The van der Waals surface area contributed by atoms with Gasteiger partial charge in [0.05, 0.1) is 11.4 Å². The summed E-state index contributed by atoms with van der Waals surface area (Å²) < 4.78 is 0. The van der Waals surface area contributed by atoms with Crippen LogP contribution in [0, 0.1) is 5.41 Å². The molecule has 0 aliphatic carbocycles. The molecule has 1 aromatic carbocycles. The van der Waals surface area contributed by atoms with Crippen LogP contribution in [0.25, 0.3) is 0 Å². The molecule has 1 fully saturated rings. The van der Waals surface area contributed by atoms with Crippen molar-refractivity contribution in [1.82, 2.24) is 0 Å². The van der Waals surface area contributed by atoms with Crippen LogP contribution in [0.3, 0.4) is 0 Å². The Bertz CT molecular complexity index is 548. The number of nitrogens with two attached hydrogens (primary N) is 3. The van der Waals surface area contributed by atoms with Crippen molar-refractivity contribution in [3.05, 3.63) is 17.7 Å². The average molecular weight is 289 g/mol. The molecule has 0 spiro atoms. The Morgan fingerprint density at radius 1 is 1.29 bits per heavy atom. The lowest BCUT2D eigenvalue weighted by atomic mass is 9.89. The molecule has 116 valence electrons. The minimum Gasteiger partial charge on any atom is -0.398 e. The van der Waals surface area contributed by atoms with Crippen molar-refractivity contribution in [2.45, 2.75) is 39.8 Å². The summed E-state index contributed by atoms with van der Waals surface area (Å²) in [5, 5.41) is 0. The molecule has 6 N–H and O–H groups in total. The van der Waals surface area contributed by atoms with Crippen LogP contribution < -0.4 is 22.1 Å². The number of rotatable bonds is 3. The number of aliphatic imine (C=N–C) groups is 1. The van der Waals surface area contributed by atoms with E-state index in [1.165, 1.54) is 0 Å². The molecule has 0 aromatic heterocycles. The van der Waals surface area contributed by atoms with E-state index in [1.807, 2.05) is 32.2 Å². The highest BCUT2D eigenvalue weighted by Gasteiger charge is 2.38. The summed E-state index contributed by atoms with van der Waals surface area (Å²) in [6.45, 7) is 10.1. The first kappa shape index (κ1) is 15.6. The second-order valence-electron chi connectivity index (χ2n) is 6.85. The molecule has 1 saturated heterocycles. The van der Waals surface area contributed by atoms with Crippen LogP contribution >= 0.6 is 0 Å². The van der Waals surface area contributed by atoms with Crippen LogP contribution in [0.5, 0.6) is 0 Å². The fourth-order valence-corrected chi connectivity index (χ4v) is 2.68. The first-order valence-corrected chi connectivity index (χ1v) is 7.44. The summed E-state index contributed by atoms with van der Waals surface area (Å²) >= 11 is 0. The molecule has 5 heteroatoms. The highest BCUT2D eigenvalue weighted by molar-refractivity contribution is 5.98. The van der Waals surface area contributed by atoms with E-state index in [0.717, 1.165) is 30.0 Å². The topological polar surface area (TPSA) is 93.7 Å². The van der Waals surface area contributed by atoms with E-state index >= 15 is 0 Å². The maximum atomic E-state index is 6.25. The zero-order chi connectivity index (χ0) is 15.8. The minimum atomic E-state index is 0.0590. The maximum absolute atomic E-state index is 6.25. The van der Waals surface area contributed by atoms with Crippen molar-refractivity contribution in [3.63, 3.8) is 0 Å². The number of hydrogen-bond donors (Lipinski definition) is 3. The van der Waals surface area contributed by atoms with Gasteiger partial charge in [-0.25, -0.2) is 0 Å². The van der Waals surface area contributed by atoms with Crippen LogP contribution in [0.2, 0.25) is 0 Å². The lowest BCUT2D eigenvalue weighted by Gasteiger charge is -2.25. The van der Waals surface area contributed by atoms with Crippen molar-refractivity contribution in [1.29, 1.82) is 0 Å². The van der Waals surface area contributed by atoms with Crippen molar-refractivity contribution >= 4 is 23.3 Å². The van der Waals surface area contributed by atoms with E-state index in [0.29, 0.717) is 5.69 Å². The molecule has 0 amide bonds. The average Bonchev–Trinajstić information content (AvgIpc) is 2.64. The fourth-order valence-electron chi connectivity index (χ4n) is 2.68. The molecule has 0 saturated carbocycles. The third-order valence-corrected chi connectivity index (χ3v) is 4.12. The molecule has 21 heavy (non-hydrogen) atoms. The Hall–Kier alpha value is -1.75. The van der Waals surface area contributed by atoms with Crippen LogP contribution in [-0.2, 0) is 0 Å². The van der Waals surface area contributed by atoms with Gasteiger partial charge >= 0.3 is 0 Å². The molecule has 2 rings (SSSR count). The SMILES string of the molecule is CC(C)N=Cc1c(N)ccc(N)c1N1CC(N)C(C)(C)C1. The van der Waals surface area contributed by atoms with Crippen molar-refractivity contribution < 1.29 is 0 Å². The summed E-state index contributed by atoms with van der Waals surface area (Å²) in [4.78, 5) is 6.70. The molecule has 5 nitrogen and oxygen atoms in total. The molecule has 1 aromatic rings. The molecule has 0 bridgehead atoms. The number of hydrogen-bond acceptors (Lipinski definition) is 5. The van der Waals surface area contributed by atoms with Gasteiger partial charge in [0.15, 0.2) is 0 Å². The second kappa shape index (κ2) is 5.56. The van der Waals surface area contributed by atoms with Crippen molar-refractivity contribution in [2.24, 2.45) is 16.1 Å². The van der Waals surface area contributed by atoms with Gasteiger partial charge in [-0.3, -0.25) is 4.99 Å². The second-order valence-corrected chi connectivity index (χ2v) is 6.85. The lowest BCUT2D eigenvalue weighted by Crippen LogP contribution is -2.35. The monoisotopic (exact) mass is 289 g/mol. The molecular formula is C16H27N5. The van der Waals surface area contributed by atoms with Gasteiger partial charge < -0.3 is 22.1 Å². The van der Waals surface area contributed by atoms with Gasteiger partial charge in [-0.05, 0) is 31.4 Å². The van der Waals surface area contributed by atoms with E-state index in [9.17, 15) is 0 Å². The Kier molecular flexibility index (Phi) is 4.14. The van der Waals surface area contributed by atoms with Crippen LogP contribution in [0.1, 0.15) is 33.3 Å². The number of nitrogen functional groups attached to an aromatic ring is 2. The first-order valence-electron chi connectivity index (χ1n) is 7.44. The van der Waals surface area contributed by atoms with Gasteiger partial charge in [0.25, 0.3) is 0 Å². The van der Waals surface area contributed by atoms with Crippen molar-refractivity contribution in [2.75, 3.05) is 29.5 Å². The van der Waals surface area contributed by atoms with Gasteiger partial charge in [-0.1, -0.05) is 13.8 Å². The standard InChI is InChI=1S/C16H27N5/c1-10(2)20-7-11-12(17)5-6-13(18)15(11)21-8-14(19)16(3,4)9-21/h5-7,10,14H,8-9,17-19H2,1-4H3. The maximum Gasteiger partial charge on any atom is 0.0710 e. The van der Waals surface area contributed by atoms with E-state index in [2.05, 4.69) is 23.7 Å². The Labute approximate surface area is 127 Å². The lowest BCUT2D eigenvalue weighted by molar-refractivity contribution is 0.365. The van der Waals surface area contributed by atoms with E-state index in [4.69, 9.17) is 17.2 Å². The summed E-state index contributed by atoms with van der Waals surface area (Å²) in [6, 6.07) is 4.03. The molecule has 0 radical (unpaired) electrons. The van der Waals surface area contributed by atoms with E-state index < -0.39 is 0 Å². The smallest absolute Gasteiger partial charge is 0.0710 e. The van der Waals surface area contributed by atoms with E-state index in [-0.39, 0.29) is 17.5 Å². The first-order chi connectivity index (χ1) is 9.72. The molecule has 1 unspecified atom stereocenters. The predicted molar refractivity (Wildman–Crippen MR) is 92.0 cm³/mol. The number of benzene rings is 1. The molecule has 1 atom stereocenters. The third kappa shape index (κ3) is 3.13. The van der Waals surface area contributed by atoms with Gasteiger partial charge in [0, 0.05) is 42.6 Å². The van der Waals surface area contributed by atoms with E-state index in [1.54, 1.807) is 0 Å². The number of anilines is 3. The molecular weight excluding hydrogens is 262 g/mol. The van der Waals surface area contributed by atoms with Crippen LogP contribution in [-0.4, -0.2) is 31.4 Å². The highest BCUT2D eigenvalue weighted by Crippen LogP contribution is 2.38. The van der Waals surface area contributed by atoms with Crippen LogP contribution in [0.4, 0.5) is 17.1 Å². The normalized spacial score (nSPS) is 21.6. The zero-order valence-electron chi connectivity index (χ0n) is 13.4. The molecule has 1 aliphatic heterocycles. The van der Waals surface area contributed by atoms with Gasteiger partial charge in [0.2, 0.25) is 0 Å². The minimum absolute atomic E-state index is 0.0590. The molecule has 1 heterocycles. The van der Waals surface area contributed by atoms with Gasteiger partial charge in [0.1, 0.15) is 0 Å². The highest BCUT2D eigenvalue weighted by atomic mass is 15.2. The van der Waals surface area contributed by atoms with Crippen molar-refractivity contribution in [3.8, 4) is 0 Å². The Morgan fingerprint density at radius 3 is 2.43 bits per heavy atom. The zero-order valence-corrected chi connectivity index (χ0v) is 13.4. The Morgan fingerprint density at radius 2 is 1.90 bits per heavy atom. The summed E-state index contributed by atoms with van der Waals surface area (Å²) in [7, 11) is 0. The summed E-state index contributed by atoms with van der Waals surface area (Å²) in [5.41, 5.74) is 21.9. The third-order valence-electron chi connectivity index (χ3n) is 4.12. The predicted octanol–water partition coefficient (Wildman–Crippen LogP) is 1.85. The number of nitrogens with zero attached hydrogens (tertiary/aromatic N) is 2. The van der Waals surface area contributed by atoms with Gasteiger partial charge in [-0.15, -0.1) is 0 Å².